The second kappa shape index (κ2) is 6.68. The molecule has 0 radical (unpaired) electrons. The van der Waals surface area contributed by atoms with Gasteiger partial charge >= 0.3 is 5.97 Å². The van der Waals surface area contributed by atoms with Gasteiger partial charge in [-0.1, -0.05) is 6.07 Å². The third-order valence-electron chi connectivity index (χ3n) is 2.29. The molecule has 1 rings (SSSR count). The van der Waals surface area contributed by atoms with Gasteiger partial charge in [-0.15, -0.1) is 11.3 Å². The van der Waals surface area contributed by atoms with Crippen molar-refractivity contribution in [2.24, 2.45) is 0 Å². The lowest BCUT2D eigenvalue weighted by molar-refractivity contribution is -0.140. The molecule has 1 atom stereocenters. The summed E-state index contributed by atoms with van der Waals surface area (Å²) in [5, 5.41) is 13.4. The topological polar surface area (TPSA) is 75.6 Å². The quantitative estimate of drug-likeness (QED) is 0.839. The minimum absolute atomic E-state index is 0.240. The summed E-state index contributed by atoms with van der Waals surface area (Å²) in [6, 6.07) is 2.47. The lowest BCUT2D eigenvalue weighted by Crippen LogP contribution is -2.41. The molecule has 0 spiro atoms. The van der Waals surface area contributed by atoms with Gasteiger partial charge in [0.1, 0.15) is 6.04 Å². The predicted octanol–water partition coefficient (Wildman–Crippen LogP) is 2.14. The van der Waals surface area contributed by atoms with Gasteiger partial charge in [0.05, 0.1) is 10.5 Å². The number of aliphatic carboxylic acids is 1. The number of carboxylic acids is 1. The Balaban J connectivity index is 2.49. The van der Waals surface area contributed by atoms with E-state index in [9.17, 15) is 9.59 Å². The summed E-state index contributed by atoms with van der Waals surface area (Å²) in [5.74, 6) is -1.42. The average molecular weight is 285 g/mol. The summed E-state index contributed by atoms with van der Waals surface area (Å²) in [6.07, 6.45) is 0.240. The summed E-state index contributed by atoms with van der Waals surface area (Å²) in [7, 11) is 0. The van der Waals surface area contributed by atoms with Crippen LogP contribution in [0.4, 0.5) is 0 Å². The molecule has 5 nitrogen and oxygen atoms in total. The number of thiophene rings is 1. The Bertz CT molecular complexity index is 422. The highest BCUT2D eigenvalue weighted by Gasteiger charge is 2.22. The van der Waals surface area contributed by atoms with Crippen LogP contribution >= 0.6 is 11.3 Å². The lowest BCUT2D eigenvalue weighted by atomic mass is 10.1. The van der Waals surface area contributed by atoms with Crippen molar-refractivity contribution in [3.63, 3.8) is 0 Å². The van der Waals surface area contributed by atoms with Gasteiger partial charge in [0.2, 0.25) is 0 Å². The van der Waals surface area contributed by atoms with Crippen molar-refractivity contribution >= 4 is 23.2 Å². The largest absolute Gasteiger partial charge is 0.480 e. The van der Waals surface area contributed by atoms with Gasteiger partial charge in [-0.25, -0.2) is 4.79 Å². The van der Waals surface area contributed by atoms with Crippen LogP contribution in [0.15, 0.2) is 17.5 Å². The third-order valence-corrected chi connectivity index (χ3v) is 3.16. The van der Waals surface area contributed by atoms with Crippen LogP contribution in [-0.4, -0.2) is 35.2 Å². The first-order chi connectivity index (χ1) is 8.79. The molecule has 0 saturated heterocycles. The van der Waals surface area contributed by atoms with E-state index in [4.69, 9.17) is 9.84 Å². The van der Waals surface area contributed by atoms with Gasteiger partial charge in [-0.2, -0.15) is 0 Å². The van der Waals surface area contributed by atoms with Crippen molar-refractivity contribution in [3.05, 3.63) is 22.4 Å². The molecule has 0 bridgehead atoms. The van der Waals surface area contributed by atoms with Gasteiger partial charge < -0.3 is 15.2 Å². The zero-order valence-electron chi connectivity index (χ0n) is 11.3. The normalized spacial score (nSPS) is 13.0. The number of carboxylic acid groups (broad SMARTS) is 1. The molecule has 1 heterocycles. The van der Waals surface area contributed by atoms with E-state index in [1.54, 1.807) is 17.5 Å². The summed E-state index contributed by atoms with van der Waals surface area (Å²) in [4.78, 5) is 23.4. The van der Waals surface area contributed by atoms with E-state index in [0.29, 0.717) is 4.88 Å². The highest BCUT2D eigenvalue weighted by molar-refractivity contribution is 7.12. The van der Waals surface area contributed by atoms with Crippen molar-refractivity contribution < 1.29 is 19.4 Å². The molecule has 1 aromatic heterocycles. The summed E-state index contributed by atoms with van der Waals surface area (Å²) in [5.41, 5.74) is -0.319. The lowest BCUT2D eigenvalue weighted by Gasteiger charge is -2.21. The van der Waals surface area contributed by atoms with Crippen molar-refractivity contribution in [1.29, 1.82) is 0 Å². The van der Waals surface area contributed by atoms with E-state index in [1.165, 1.54) is 11.3 Å². The Morgan fingerprint density at radius 3 is 2.63 bits per heavy atom. The smallest absolute Gasteiger partial charge is 0.326 e. The number of carbonyl (C=O) groups excluding carboxylic acids is 1. The van der Waals surface area contributed by atoms with Crippen LogP contribution in [0.25, 0.3) is 0 Å². The number of amides is 1. The molecule has 0 aromatic carbocycles. The summed E-state index contributed by atoms with van der Waals surface area (Å²) in [6.45, 7) is 5.97. The average Bonchev–Trinajstić information content (AvgIpc) is 2.78. The molecule has 2 N–H and O–H groups in total. The molecule has 1 unspecified atom stereocenters. The van der Waals surface area contributed by atoms with Crippen LogP contribution in [0, 0.1) is 0 Å². The van der Waals surface area contributed by atoms with Crippen molar-refractivity contribution in [1.82, 2.24) is 5.32 Å². The van der Waals surface area contributed by atoms with E-state index < -0.39 is 12.0 Å². The molecule has 1 amide bonds. The van der Waals surface area contributed by atoms with Crippen molar-refractivity contribution in [3.8, 4) is 0 Å². The van der Waals surface area contributed by atoms with Crippen LogP contribution in [-0.2, 0) is 9.53 Å². The molecular formula is C13H19NO4S. The molecule has 0 fully saturated rings. The molecular weight excluding hydrogens is 266 g/mol. The van der Waals surface area contributed by atoms with E-state index in [1.807, 2.05) is 20.8 Å². The van der Waals surface area contributed by atoms with Gasteiger partial charge in [-0.3, -0.25) is 4.79 Å². The fraction of sp³-hybridized carbons (Fsp3) is 0.538. The van der Waals surface area contributed by atoms with Crippen LogP contribution in [0.5, 0.6) is 0 Å². The number of hydrogen-bond donors (Lipinski definition) is 2. The van der Waals surface area contributed by atoms with Gasteiger partial charge in [0.25, 0.3) is 5.91 Å². The maximum atomic E-state index is 11.8. The minimum Gasteiger partial charge on any atom is -0.480 e. The number of carbonyl (C=O) groups is 2. The van der Waals surface area contributed by atoms with E-state index in [0.717, 1.165) is 0 Å². The van der Waals surface area contributed by atoms with E-state index in [2.05, 4.69) is 5.32 Å². The number of rotatable bonds is 6. The standard InChI is InChI=1S/C13H19NO4S/c1-13(2,3)18-7-6-9(12(16)17)14-11(15)10-5-4-8-19-10/h4-5,8-9H,6-7H2,1-3H3,(H,14,15)(H,16,17). The van der Waals surface area contributed by atoms with Crippen molar-refractivity contribution in [2.75, 3.05) is 6.61 Å². The van der Waals surface area contributed by atoms with Gasteiger partial charge in [0, 0.05) is 13.0 Å². The molecule has 0 aliphatic carbocycles. The molecule has 0 saturated carbocycles. The number of nitrogens with one attached hydrogen (secondary N) is 1. The van der Waals surface area contributed by atoms with Crippen LogP contribution in [0.1, 0.15) is 36.9 Å². The Morgan fingerprint density at radius 2 is 2.16 bits per heavy atom. The second-order valence-electron chi connectivity index (χ2n) is 5.09. The SMILES string of the molecule is CC(C)(C)OCCC(NC(=O)c1cccs1)C(=O)O. The number of hydrogen-bond acceptors (Lipinski definition) is 4. The van der Waals surface area contributed by atoms with Crippen LogP contribution < -0.4 is 5.32 Å². The third kappa shape index (κ3) is 5.85. The predicted molar refractivity (Wildman–Crippen MR) is 73.5 cm³/mol. The fourth-order valence-electron chi connectivity index (χ4n) is 1.38. The van der Waals surface area contributed by atoms with Crippen molar-refractivity contribution in [2.45, 2.75) is 38.8 Å². The molecule has 6 heteroatoms. The maximum Gasteiger partial charge on any atom is 0.326 e. The maximum absolute atomic E-state index is 11.8. The Kier molecular flexibility index (Phi) is 5.50. The highest BCUT2D eigenvalue weighted by atomic mass is 32.1. The zero-order valence-corrected chi connectivity index (χ0v) is 12.1. The first-order valence-electron chi connectivity index (χ1n) is 6.01. The first kappa shape index (κ1) is 15.7. The minimum atomic E-state index is -1.05. The van der Waals surface area contributed by atoms with Crippen LogP contribution in [0.2, 0.25) is 0 Å². The van der Waals surface area contributed by atoms with Gasteiger partial charge in [-0.05, 0) is 32.2 Å². The molecule has 0 aliphatic heterocycles. The fourth-order valence-corrected chi connectivity index (χ4v) is 2.00. The second-order valence-corrected chi connectivity index (χ2v) is 6.04. The number of ether oxygens (including phenoxy) is 1. The summed E-state index contributed by atoms with van der Waals surface area (Å²) >= 11 is 1.28. The Hall–Kier alpha value is -1.40. The summed E-state index contributed by atoms with van der Waals surface area (Å²) < 4.78 is 5.47. The molecule has 1 aromatic rings. The molecule has 106 valence electrons. The highest BCUT2D eigenvalue weighted by Crippen LogP contribution is 2.10. The Morgan fingerprint density at radius 1 is 1.47 bits per heavy atom. The molecule has 19 heavy (non-hydrogen) atoms. The Labute approximate surface area is 116 Å². The van der Waals surface area contributed by atoms with Crippen LogP contribution in [0.3, 0.4) is 0 Å². The van der Waals surface area contributed by atoms with E-state index >= 15 is 0 Å². The first-order valence-corrected chi connectivity index (χ1v) is 6.89. The molecule has 0 aliphatic rings. The van der Waals surface area contributed by atoms with E-state index in [-0.39, 0.29) is 24.5 Å². The zero-order chi connectivity index (χ0) is 14.5. The monoisotopic (exact) mass is 285 g/mol. The van der Waals surface area contributed by atoms with Gasteiger partial charge in [0.15, 0.2) is 0 Å².